The Kier molecular flexibility index (Phi) is 8.58. The number of esters is 1. The molecule has 47 heavy (non-hydrogen) atoms. The van der Waals surface area contributed by atoms with Crippen molar-refractivity contribution in [3.63, 3.8) is 0 Å². The number of ketones is 3. The van der Waals surface area contributed by atoms with Gasteiger partial charge in [-0.1, -0.05) is 30.3 Å². The van der Waals surface area contributed by atoms with E-state index < -0.39 is 64.7 Å². The second-order valence-corrected chi connectivity index (χ2v) is 13.7. The highest BCUT2D eigenvalue weighted by Crippen LogP contribution is 2.52. The largest absolute Gasteiger partial charge is 0.507 e. The molecule has 0 bridgehead atoms. The Morgan fingerprint density at radius 1 is 1.04 bits per heavy atom. The van der Waals surface area contributed by atoms with E-state index in [2.05, 4.69) is 4.90 Å². The number of rotatable bonds is 6. The summed E-state index contributed by atoms with van der Waals surface area (Å²) in [7, 11) is 4.64. The number of likely N-dealkylation sites (tertiary alicyclic amines) is 1. The maximum atomic E-state index is 14.1. The summed E-state index contributed by atoms with van der Waals surface area (Å²) in [6.07, 6.45) is 0.212. The third-order valence-corrected chi connectivity index (χ3v) is 11.0. The number of fused-ring (bicyclic) bond motifs is 3. The molecule has 4 aliphatic rings. The van der Waals surface area contributed by atoms with Gasteiger partial charge in [-0.25, -0.2) is 0 Å². The fourth-order valence-corrected chi connectivity index (χ4v) is 8.63. The fourth-order valence-electron chi connectivity index (χ4n) is 8.63. The normalized spacial score (nSPS) is 31.2. The number of likely N-dealkylation sites (N-methyl/N-ethyl adjacent to an activating group) is 1. The monoisotopic (exact) mass is 647 g/mol. The molecular formula is C35H41N3O9. The molecule has 7 atom stereocenters. The van der Waals surface area contributed by atoms with Crippen LogP contribution in [-0.4, -0.2) is 106 Å². The maximum Gasteiger partial charge on any atom is 0.308 e. The van der Waals surface area contributed by atoms with Crippen LogP contribution in [0.25, 0.3) is 11.1 Å². The highest BCUT2D eigenvalue weighted by atomic mass is 16.5. The number of hydrogen-bond donors (Lipinski definition) is 4. The third kappa shape index (κ3) is 5.27. The number of primary amides is 1. The summed E-state index contributed by atoms with van der Waals surface area (Å²) >= 11 is 0. The van der Waals surface area contributed by atoms with Crippen molar-refractivity contribution in [1.29, 1.82) is 0 Å². The van der Waals surface area contributed by atoms with Crippen molar-refractivity contribution >= 4 is 29.2 Å². The van der Waals surface area contributed by atoms with Crippen LogP contribution in [0.4, 0.5) is 0 Å². The van der Waals surface area contributed by atoms with Gasteiger partial charge in [0.25, 0.3) is 0 Å². The summed E-state index contributed by atoms with van der Waals surface area (Å²) in [6.45, 7) is 2.28. The van der Waals surface area contributed by atoms with E-state index in [1.165, 1.54) is 13.2 Å². The third-order valence-electron chi connectivity index (χ3n) is 11.0. The summed E-state index contributed by atoms with van der Waals surface area (Å²) < 4.78 is 4.89. The average molecular weight is 648 g/mol. The number of Topliss-reactive ketones (excluding diaryl/α,β-unsaturated/α-hetero) is 3. The second kappa shape index (κ2) is 12.2. The lowest BCUT2D eigenvalue weighted by molar-refractivity contribution is -0.190. The van der Waals surface area contributed by atoms with Crippen LogP contribution in [0.2, 0.25) is 0 Å². The summed E-state index contributed by atoms with van der Waals surface area (Å²) in [6, 6.07) is 10.1. The van der Waals surface area contributed by atoms with Crippen LogP contribution in [-0.2, 0) is 36.9 Å². The van der Waals surface area contributed by atoms with Gasteiger partial charge in [0.1, 0.15) is 11.7 Å². The van der Waals surface area contributed by atoms with Crippen molar-refractivity contribution in [2.45, 2.75) is 50.0 Å². The molecule has 3 unspecified atom stereocenters. The number of piperidine rings is 1. The van der Waals surface area contributed by atoms with E-state index in [-0.39, 0.29) is 36.0 Å². The lowest BCUT2D eigenvalue weighted by Crippen LogP contribution is -2.75. The van der Waals surface area contributed by atoms with E-state index in [0.29, 0.717) is 12.1 Å². The zero-order chi connectivity index (χ0) is 33.9. The van der Waals surface area contributed by atoms with Crippen LogP contribution >= 0.6 is 0 Å². The van der Waals surface area contributed by atoms with Gasteiger partial charge in [0.15, 0.2) is 23.0 Å². The van der Waals surface area contributed by atoms with Crippen molar-refractivity contribution in [3.05, 3.63) is 53.1 Å². The van der Waals surface area contributed by atoms with Crippen molar-refractivity contribution in [1.82, 2.24) is 9.80 Å². The minimum Gasteiger partial charge on any atom is -0.507 e. The topological polar surface area (TPSA) is 188 Å². The number of nitrogens with two attached hydrogens (primary N) is 1. The molecule has 0 radical (unpaired) electrons. The predicted octanol–water partition coefficient (Wildman–Crippen LogP) is 0.711. The Labute approximate surface area is 272 Å². The zero-order valence-electron chi connectivity index (χ0n) is 26.7. The number of aliphatic hydroxyl groups is 2. The molecule has 2 saturated carbocycles. The number of carbonyl (C=O) groups excluding carboxylic acids is 5. The Balaban J connectivity index is 1.29. The number of benzene rings is 2. The van der Waals surface area contributed by atoms with E-state index >= 15 is 0 Å². The van der Waals surface area contributed by atoms with Gasteiger partial charge in [0.05, 0.1) is 30.6 Å². The van der Waals surface area contributed by atoms with Crippen LogP contribution < -0.4 is 5.73 Å². The van der Waals surface area contributed by atoms with Gasteiger partial charge in [-0.05, 0) is 87.1 Å². The molecule has 250 valence electrons. The molecule has 1 heterocycles. The van der Waals surface area contributed by atoms with E-state index in [0.717, 1.165) is 42.6 Å². The molecule has 2 aromatic rings. The number of hydrogen-bond acceptors (Lipinski definition) is 11. The van der Waals surface area contributed by atoms with E-state index in [4.69, 9.17) is 10.5 Å². The fraction of sp³-hybridized carbons (Fsp3) is 0.514. The van der Waals surface area contributed by atoms with Crippen LogP contribution in [0.3, 0.4) is 0 Å². The number of aromatic hydroxyl groups is 1. The molecule has 12 heteroatoms. The number of ether oxygens (including phenoxy) is 1. The summed E-state index contributed by atoms with van der Waals surface area (Å²) in [5.74, 6) is -9.51. The van der Waals surface area contributed by atoms with Crippen molar-refractivity contribution in [2.24, 2.45) is 35.3 Å². The highest BCUT2D eigenvalue weighted by Gasteiger charge is 2.69. The summed E-state index contributed by atoms with van der Waals surface area (Å²) in [5, 5.41) is 33.8. The van der Waals surface area contributed by atoms with Gasteiger partial charge in [-0.2, -0.15) is 0 Å². The molecule has 1 aliphatic heterocycles. The van der Waals surface area contributed by atoms with Gasteiger partial charge < -0.3 is 30.7 Å². The number of methoxy groups -OCH3 is 1. The molecular weight excluding hydrogens is 606 g/mol. The molecule has 3 aliphatic carbocycles. The van der Waals surface area contributed by atoms with Crippen LogP contribution in [0.15, 0.2) is 36.4 Å². The van der Waals surface area contributed by atoms with Gasteiger partial charge in [0.2, 0.25) is 5.91 Å². The van der Waals surface area contributed by atoms with Gasteiger partial charge in [0, 0.05) is 18.5 Å². The van der Waals surface area contributed by atoms with Crippen LogP contribution in [0.1, 0.15) is 40.7 Å². The first-order valence-electron chi connectivity index (χ1n) is 16.0. The Morgan fingerprint density at radius 2 is 1.70 bits per heavy atom. The average Bonchev–Trinajstić information content (AvgIpc) is 3.03. The van der Waals surface area contributed by atoms with Crippen LogP contribution in [0.5, 0.6) is 5.75 Å². The number of phenols is 1. The zero-order valence-corrected chi connectivity index (χ0v) is 26.7. The molecule has 0 aromatic heterocycles. The first kappa shape index (κ1) is 33.0. The number of aliphatic hydroxyl groups excluding tert-OH is 1. The second-order valence-electron chi connectivity index (χ2n) is 13.7. The van der Waals surface area contributed by atoms with Crippen molar-refractivity contribution in [3.8, 4) is 16.9 Å². The van der Waals surface area contributed by atoms with E-state index in [1.54, 1.807) is 25.1 Å². The molecule has 0 spiro atoms. The number of phenolic OH excluding ortho intramolecular Hbond substituents is 1. The summed E-state index contributed by atoms with van der Waals surface area (Å²) in [4.78, 5) is 69.6. The molecule has 12 nitrogen and oxygen atoms in total. The van der Waals surface area contributed by atoms with Gasteiger partial charge >= 0.3 is 5.97 Å². The van der Waals surface area contributed by atoms with E-state index in [1.807, 2.05) is 24.3 Å². The van der Waals surface area contributed by atoms with Crippen molar-refractivity contribution < 1.29 is 44.0 Å². The molecule has 2 aromatic carbocycles. The Morgan fingerprint density at radius 3 is 2.30 bits per heavy atom. The molecule has 6 rings (SSSR count). The molecule has 5 N–H and O–H groups in total. The Hall–Kier alpha value is -3.97. The SMILES string of the molecule is COC(=O)C1CCN(Cc2ccc(-c3ccc(O)c4c3C[C@@H]3C[C@@H]5[C@@H](N(C)C)C(O)C(C(N)=O)C(=O)[C@]5(O)C(=O)C3C4=O)cc2)CC1. The molecule has 1 amide bonds. The lowest BCUT2D eigenvalue weighted by atomic mass is 9.52. The molecule has 3 fully saturated rings. The Bertz CT molecular complexity index is 1630. The number of carbonyl (C=O) groups is 5. The predicted molar refractivity (Wildman–Crippen MR) is 168 cm³/mol. The lowest BCUT2D eigenvalue weighted by Gasteiger charge is -2.54. The molecule has 1 saturated heterocycles. The minimum absolute atomic E-state index is 0.0180. The van der Waals surface area contributed by atoms with Gasteiger partial charge in [-0.15, -0.1) is 0 Å². The number of nitrogens with zero attached hydrogens (tertiary/aromatic N) is 2. The van der Waals surface area contributed by atoms with Gasteiger partial charge in [-0.3, -0.25) is 28.9 Å². The minimum atomic E-state index is -2.69. The standard InChI is InChI=1S/C35H41N3O9/c1-37(2)28-23-15-20-14-22-21(18-6-4-17(5-7-18)16-38-12-10-19(11-13-38)34(45)47-3)8-9-24(39)26(22)29(40)25(20)31(42)35(23,46)32(43)27(30(28)41)33(36)44/h4-9,19-20,23,25,27-28,30,39,41,46H,10-16H2,1-3H3,(H2,36,44)/t20-,23-,25?,27?,28-,30?,35-/m1/s1. The van der Waals surface area contributed by atoms with Crippen molar-refractivity contribution in [2.75, 3.05) is 34.3 Å². The first-order chi connectivity index (χ1) is 22.3. The van der Waals surface area contributed by atoms with Crippen LogP contribution in [0, 0.1) is 29.6 Å². The number of amides is 1. The maximum absolute atomic E-state index is 14.1. The van der Waals surface area contributed by atoms with E-state index in [9.17, 15) is 39.3 Å². The first-order valence-corrected chi connectivity index (χ1v) is 16.0. The highest BCUT2D eigenvalue weighted by molar-refractivity contribution is 6.25. The smallest absolute Gasteiger partial charge is 0.308 e. The quantitative estimate of drug-likeness (QED) is 0.255. The summed E-state index contributed by atoms with van der Waals surface area (Å²) in [5.41, 5.74) is 5.93.